The van der Waals surface area contributed by atoms with Gasteiger partial charge < -0.3 is 5.73 Å². The number of nitrogens with zero attached hydrogens (tertiary/aromatic N) is 3. The topological polar surface area (TPSA) is 93.8 Å². The van der Waals surface area contributed by atoms with Crippen molar-refractivity contribution in [1.82, 2.24) is 15.0 Å². The van der Waals surface area contributed by atoms with Gasteiger partial charge in [0.1, 0.15) is 9.71 Å². The zero-order chi connectivity index (χ0) is 16.8. The van der Waals surface area contributed by atoms with Crippen LogP contribution in [0.3, 0.4) is 0 Å². The molecule has 3 N–H and O–H groups in total. The Labute approximate surface area is 143 Å². The van der Waals surface area contributed by atoms with Gasteiger partial charge in [-0.15, -0.1) is 11.3 Å². The highest BCUT2D eigenvalue weighted by atomic mass is 32.1. The van der Waals surface area contributed by atoms with Crippen LogP contribution in [0.2, 0.25) is 0 Å². The van der Waals surface area contributed by atoms with Gasteiger partial charge in [-0.2, -0.15) is 0 Å². The van der Waals surface area contributed by atoms with Crippen molar-refractivity contribution in [1.29, 1.82) is 0 Å². The van der Waals surface area contributed by atoms with Crippen LogP contribution in [0.5, 0.6) is 0 Å². The van der Waals surface area contributed by atoms with E-state index < -0.39 is 0 Å². The van der Waals surface area contributed by atoms with E-state index >= 15 is 0 Å². The molecule has 0 aliphatic heterocycles. The van der Waals surface area contributed by atoms with Gasteiger partial charge in [-0.25, -0.2) is 15.0 Å². The summed E-state index contributed by atoms with van der Waals surface area (Å²) in [6.45, 7) is 3.73. The van der Waals surface area contributed by atoms with Gasteiger partial charge in [0, 0.05) is 22.5 Å². The summed E-state index contributed by atoms with van der Waals surface area (Å²) in [7, 11) is 0. The van der Waals surface area contributed by atoms with E-state index in [1.54, 1.807) is 0 Å². The van der Waals surface area contributed by atoms with Gasteiger partial charge >= 0.3 is 0 Å². The number of aryl methyl sites for hydroxylation is 4. The number of hydrogen-bond donors (Lipinski definition) is 2. The molecular formula is C17H17N5OS. The number of hydrogen-bond acceptors (Lipinski definition) is 6. The van der Waals surface area contributed by atoms with Crippen molar-refractivity contribution < 1.29 is 4.79 Å². The van der Waals surface area contributed by atoms with Crippen molar-refractivity contribution in [2.45, 2.75) is 33.1 Å². The summed E-state index contributed by atoms with van der Waals surface area (Å²) in [5.74, 6) is 0.00506. The first-order valence-electron chi connectivity index (χ1n) is 7.85. The van der Waals surface area contributed by atoms with Crippen LogP contribution in [0, 0.1) is 13.8 Å². The molecule has 1 aliphatic rings. The van der Waals surface area contributed by atoms with Crippen LogP contribution in [0.15, 0.2) is 12.1 Å². The Morgan fingerprint density at radius 1 is 1.17 bits per heavy atom. The van der Waals surface area contributed by atoms with E-state index in [0.717, 1.165) is 46.6 Å². The number of rotatable bonds is 2. The van der Waals surface area contributed by atoms with Crippen LogP contribution in [0.4, 0.5) is 11.6 Å². The monoisotopic (exact) mass is 339 g/mol. The molecule has 0 unspecified atom stereocenters. The molecule has 6 nitrogen and oxygen atoms in total. The maximum absolute atomic E-state index is 12.6. The van der Waals surface area contributed by atoms with E-state index in [9.17, 15) is 4.79 Å². The molecule has 3 heterocycles. The molecule has 3 aromatic heterocycles. The van der Waals surface area contributed by atoms with Crippen molar-refractivity contribution >= 4 is 39.1 Å². The minimum Gasteiger partial charge on any atom is -0.397 e. The number of nitrogens with one attached hydrogen (secondary N) is 1. The van der Waals surface area contributed by atoms with E-state index in [-0.39, 0.29) is 5.91 Å². The van der Waals surface area contributed by atoms with Crippen LogP contribution in [-0.2, 0) is 12.8 Å². The molecule has 1 amide bonds. The second-order valence-electron chi connectivity index (χ2n) is 6.07. The lowest BCUT2D eigenvalue weighted by molar-refractivity contribution is 0.103. The summed E-state index contributed by atoms with van der Waals surface area (Å²) < 4.78 is 0. The Balaban J connectivity index is 1.70. The Morgan fingerprint density at radius 2 is 1.92 bits per heavy atom. The van der Waals surface area contributed by atoms with Crippen molar-refractivity contribution in [3.05, 3.63) is 39.7 Å². The molecule has 0 bridgehead atoms. The molecule has 0 aromatic carbocycles. The standard InChI is InChI=1S/C17H17N5OS/c1-8-6-9(2)20-17(19-8)22-15(23)14-13(18)11-7-10-4-3-5-12(10)21-16(11)24-14/h6-7H,3-5,18H2,1-2H3,(H,19,20,22,23). The number of carbonyl (C=O) groups is 1. The molecule has 0 saturated carbocycles. The first-order chi connectivity index (χ1) is 11.5. The summed E-state index contributed by atoms with van der Waals surface area (Å²) in [6, 6.07) is 3.94. The Morgan fingerprint density at radius 3 is 2.67 bits per heavy atom. The quantitative estimate of drug-likeness (QED) is 0.748. The lowest BCUT2D eigenvalue weighted by atomic mass is 10.1. The third kappa shape index (κ3) is 2.50. The fraction of sp³-hybridized carbons (Fsp3) is 0.294. The molecule has 0 saturated heterocycles. The maximum Gasteiger partial charge on any atom is 0.270 e. The average molecular weight is 339 g/mol. The predicted octanol–water partition coefficient (Wildman–Crippen LogP) is 3.03. The van der Waals surface area contributed by atoms with Crippen molar-refractivity contribution in [2.75, 3.05) is 11.1 Å². The zero-order valence-electron chi connectivity index (χ0n) is 13.5. The number of amides is 1. The summed E-state index contributed by atoms with van der Waals surface area (Å²) in [4.78, 5) is 27.0. The first-order valence-corrected chi connectivity index (χ1v) is 8.67. The Bertz CT molecular complexity index is 959. The average Bonchev–Trinajstić information content (AvgIpc) is 3.08. The minimum atomic E-state index is -0.291. The molecule has 0 fully saturated rings. The predicted molar refractivity (Wildman–Crippen MR) is 95.5 cm³/mol. The second-order valence-corrected chi connectivity index (χ2v) is 7.07. The fourth-order valence-electron chi connectivity index (χ4n) is 3.11. The number of nitrogens with two attached hydrogens (primary N) is 1. The van der Waals surface area contributed by atoms with Crippen LogP contribution < -0.4 is 11.1 Å². The number of carbonyl (C=O) groups excluding carboxylic acids is 1. The van der Waals surface area contributed by atoms with Gasteiger partial charge in [0.05, 0.1) is 5.69 Å². The smallest absolute Gasteiger partial charge is 0.270 e. The van der Waals surface area contributed by atoms with Crippen molar-refractivity contribution in [3.63, 3.8) is 0 Å². The number of pyridine rings is 1. The van der Waals surface area contributed by atoms with Crippen LogP contribution in [0.25, 0.3) is 10.2 Å². The third-order valence-electron chi connectivity index (χ3n) is 4.16. The van der Waals surface area contributed by atoms with Crippen molar-refractivity contribution in [2.24, 2.45) is 0 Å². The molecule has 1 aliphatic carbocycles. The number of thiophene rings is 1. The van der Waals surface area contributed by atoms with Crippen molar-refractivity contribution in [3.8, 4) is 0 Å². The summed E-state index contributed by atoms with van der Waals surface area (Å²) >= 11 is 1.32. The third-order valence-corrected chi connectivity index (χ3v) is 5.28. The van der Waals surface area contributed by atoms with E-state index in [4.69, 9.17) is 5.73 Å². The van der Waals surface area contributed by atoms with Crippen LogP contribution in [-0.4, -0.2) is 20.9 Å². The van der Waals surface area contributed by atoms with Gasteiger partial charge in [0.15, 0.2) is 0 Å². The van der Waals surface area contributed by atoms with E-state index in [2.05, 4.69) is 26.3 Å². The van der Waals surface area contributed by atoms with E-state index in [1.807, 2.05) is 19.9 Å². The molecule has 4 rings (SSSR count). The van der Waals surface area contributed by atoms with Crippen LogP contribution >= 0.6 is 11.3 Å². The van der Waals surface area contributed by atoms with Gasteiger partial charge in [0.25, 0.3) is 5.91 Å². The maximum atomic E-state index is 12.6. The lowest BCUT2D eigenvalue weighted by Gasteiger charge is -2.04. The molecule has 24 heavy (non-hydrogen) atoms. The number of fused-ring (bicyclic) bond motifs is 2. The minimum absolute atomic E-state index is 0.291. The second kappa shape index (κ2) is 5.52. The molecule has 7 heteroatoms. The van der Waals surface area contributed by atoms with Gasteiger partial charge in [-0.3, -0.25) is 10.1 Å². The lowest BCUT2D eigenvalue weighted by Crippen LogP contribution is -2.15. The number of aromatic nitrogens is 3. The molecule has 0 atom stereocenters. The fourth-order valence-corrected chi connectivity index (χ4v) is 4.10. The normalized spacial score (nSPS) is 13.2. The largest absolute Gasteiger partial charge is 0.397 e. The van der Waals surface area contributed by atoms with Gasteiger partial charge in [-0.05, 0) is 50.8 Å². The summed E-state index contributed by atoms with van der Waals surface area (Å²) in [6.07, 6.45) is 3.17. The highest BCUT2D eigenvalue weighted by Crippen LogP contribution is 2.36. The highest BCUT2D eigenvalue weighted by Gasteiger charge is 2.21. The Hall–Kier alpha value is -2.54. The zero-order valence-corrected chi connectivity index (χ0v) is 14.3. The summed E-state index contributed by atoms with van der Waals surface area (Å²) in [5.41, 5.74) is 10.7. The van der Waals surface area contributed by atoms with Crippen LogP contribution in [0.1, 0.15) is 38.7 Å². The van der Waals surface area contributed by atoms with Gasteiger partial charge in [-0.1, -0.05) is 0 Å². The van der Waals surface area contributed by atoms with E-state index in [0.29, 0.717) is 16.5 Å². The molecule has 3 aromatic rings. The first kappa shape index (κ1) is 15.0. The summed E-state index contributed by atoms with van der Waals surface area (Å²) in [5, 5.41) is 3.61. The molecule has 0 radical (unpaired) electrons. The number of anilines is 2. The SMILES string of the molecule is Cc1cc(C)nc(NC(=O)c2sc3nc4c(cc3c2N)CCC4)n1. The Kier molecular flexibility index (Phi) is 3.45. The molecule has 0 spiro atoms. The molecule has 122 valence electrons. The van der Waals surface area contributed by atoms with E-state index in [1.165, 1.54) is 16.9 Å². The number of nitrogen functional groups attached to an aromatic ring is 1. The van der Waals surface area contributed by atoms with Gasteiger partial charge in [0.2, 0.25) is 5.95 Å². The highest BCUT2D eigenvalue weighted by molar-refractivity contribution is 7.21. The molecular weight excluding hydrogens is 322 g/mol.